The van der Waals surface area contributed by atoms with Crippen molar-refractivity contribution in [3.05, 3.63) is 40.0 Å². The van der Waals surface area contributed by atoms with Crippen molar-refractivity contribution < 1.29 is 4.74 Å². The maximum absolute atomic E-state index is 5.12. The number of aliphatic imine (C=N–C) groups is 1. The SMILES string of the molecule is CCc1cnc(CCNC(=NC)NCc2cccc(OC)n2)s1.I. The predicted octanol–water partition coefficient (Wildman–Crippen LogP) is 2.63. The summed E-state index contributed by atoms with van der Waals surface area (Å²) in [5, 5.41) is 7.69. The van der Waals surface area contributed by atoms with Crippen LogP contribution in [0.1, 0.15) is 22.5 Å². The minimum atomic E-state index is 0. The van der Waals surface area contributed by atoms with Gasteiger partial charge in [0.25, 0.3) is 0 Å². The average Bonchev–Trinajstić information content (AvgIpc) is 3.06. The maximum Gasteiger partial charge on any atom is 0.213 e. The predicted molar refractivity (Wildman–Crippen MR) is 110 cm³/mol. The fourth-order valence-corrected chi connectivity index (χ4v) is 2.84. The number of thiazole rings is 1. The first-order chi connectivity index (χ1) is 11.2. The quantitative estimate of drug-likeness (QED) is 0.377. The molecule has 2 heterocycles. The van der Waals surface area contributed by atoms with Crippen LogP contribution in [0.2, 0.25) is 0 Å². The number of nitrogens with one attached hydrogen (secondary N) is 2. The molecule has 0 aliphatic heterocycles. The van der Waals surface area contributed by atoms with E-state index in [1.165, 1.54) is 4.88 Å². The van der Waals surface area contributed by atoms with Gasteiger partial charge in [0, 0.05) is 37.2 Å². The molecular weight excluding hydrogens is 437 g/mol. The van der Waals surface area contributed by atoms with Crippen molar-refractivity contribution in [3.63, 3.8) is 0 Å². The number of aryl methyl sites for hydroxylation is 1. The Morgan fingerprint density at radius 2 is 2.17 bits per heavy atom. The smallest absolute Gasteiger partial charge is 0.213 e. The van der Waals surface area contributed by atoms with E-state index in [0.717, 1.165) is 36.0 Å². The van der Waals surface area contributed by atoms with Gasteiger partial charge in [0.15, 0.2) is 5.96 Å². The van der Waals surface area contributed by atoms with Crippen molar-refractivity contribution in [3.8, 4) is 5.88 Å². The minimum Gasteiger partial charge on any atom is -0.481 e. The molecule has 0 fully saturated rings. The molecule has 0 bridgehead atoms. The van der Waals surface area contributed by atoms with Gasteiger partial charge < -0.3 is 15.4 Å². The van der Waals surface area contributed by atoms with Crippen LogP contribution in [0, 0.1) is 0 Å². The summed E-state index contributed by atoms with van der Waals surface area (Å²) in [4.78, 5) is 14.3. The van der Waals surface area contributed by atoms with E-state index in [1.54, 1.807) is 25.5 Å². The van der Waals surface area contributed by atoms with Gasteiger partial charge in [0.05, 0.1) is 24.4 Å². The summed E-state index contributed by atoms with van der Waals surface area (Å²) in [7, 11) is 3.37. The summed E-state index contributed by atoms with van der Waals surface area (Å²) < 4.78 is 5.12. The molecular formula is C16H24IN5OS. The molecule has 0 saturated heterocycles. The van der Waals surface area contributed by atoms with Crippen molar-refractivity contribution >= 4 is 41.3 Å². The summed E-state index contributed by atoms with van der Waals surface area (Å²) in [6.45, 7) is 3.53. The van der Waals surface area contributed by atoms with Gasteiger partial charge in [-0.05, 0) is 12.5 Å². The molecule has 6 nitrogen and oxygen atoms in total. The van der Waals surface area contributed by atoms with E-state index in [1.807, 2.05) is 24.4 Å². The van der Waals surface area contributed by atoms with Crippen LogP contribution < -0.4 is 15.4 Å². The molecule has 0 aliphatic carbocycles. The highest BCUT2D eigenvalue weighted by molar-refractivity contribution is 14.0. The molecule has 0 spiro atoms. The van der Waals surface area contributed by atoms with E-state index in [9.17, 15) is 0 Å². The lowest BCUT2D eigenvalue weighted by atomic mass is 10.3. The molecule has 8 heteroatoms. The second-order valence-corrected chi connectivity index (χ2v) is 6.05. The fraction of sp³-hybridized carbons (Fsp3) is 0.438. The largest absolute Gasteiger partial charge is 0.481 e. The average molecular weight is 461 g/mol. The Hall–Kier alpha value is -1.42. The van der Waals surface area contributed by atoms with E-state index in [0.29, 0.717) is 12.4 Å². The number of methoxy groups -OCH3 is 1. The topological polar surface area (TPSA) is 71.4 Å². The Bertz CT molecular complexity index is 647. The molecule has 132 valence electrons. The molecule has 0 aliphatic rings. The maximum atomic E-state index is 5.12. The Morgan fingerprint density at radius 1 is 1.33 bits per heavy atom. The van der Waals surface area contributed by atoms with Crippen molar-refractivity contribution in [2.75, 3.05) is 20.7 Å². The number of aromatic nitrogens is 2. The molecule has 2 N–H and O–H groups in total. The van der Waals surface area contributed by atoms with Crippen molar-refractivity contribution in [1.82, 2.24) is 20.6 Å². The minimum absolute atomic E-state index is 0. The summed E-state index contributed by atoms with van der Waals surface area (Å²) in [6, 6.07) is 5.70. The first-order valence-electron chi connectivity index (χ1n) is 7.63. The van der Waals surface area contributed by atoms with E-state index in [-0.39, 0.29) is 24.0 Å². The zero-order valence-electron chi connectivity index (χ0n) is 14.2. The fourth-order valence-electron chi connectivity index (χ4n) is 1.98. The Labute approximate surface area is 164 Å². The number of hydrogen-bond donors (Lipinski definition) is 2. The zero-order valence-corrected chi connectivity index (χ0v) is 17.4. The molecule has 0 radical (unpaired) electrons. The normalized spacial score (nSPS) is 10.9. The number of halogens is 1. The van der Waals surface area contributed by atoms with E-state index >= 15 is 0 Å². The van der Waals surface area contributed by atoms with Crippen LogP contribution in [-0.4, -0.2) is 36.6 Å². The molecule has 24 heavy (non-hydrogen) atoms. The Balaban J connectivity index is 0.00000288. The molecule has 0 amide bonds. The second-order valence-electron chi connectivity index (χ2n) is 4.85. The molecule has 0 aromatic carbocycles. The molecule has 2 aromatic rings. The number of guanidine groups is 1. The number of hydrogen-bond acceptors (Lipinski definition) is 5. The van der Waals surface area contributed by atoms with Crippen LogP contribution in [0.5, 0.6) is 5.88 Å². The van der Waals surface area contributed by atoms with Gasteiger partial charge in [-0.3, -0.25) is 4.99 Å². The summed E-state index contributed by atoms with van der Waals surface area (Å²) >= 11 is 1.77. The van der Waals surface area contributed by atoms with Gasteiger partial charge in [0.2, 0.25) is 5.88 Å². The Morgan fingerprint density at radius 3 is 2.83 bits per heavy atom. The lowest BCUT2D eigenvalue weighted by Gasteiger charge is -2.11. The molecule has 0 saturated carbocycles. The van der Waals surface area contributed by atoms with Gasteiger partial charge in [-0.2, -0.15) is 0 Å². The van der Waals surface area contributed by atoms with Gasteiger partial charge in [0.1, 0.15) is 0 Å². The van der Waals surface area contributed by atoms with Gasteiger partial charge in [-0.15, -0.1) is 35.3 Å². The van der Waals surface area contributed by atoms with Crippen LogP contribution in [0.15, 0.2) is 29.4 Å². The number of rotatable bonds is 7. The zero-order chi connectivity index (χ0) is 16.5. The standard InChI is InChI=1S/C16H23N5OS.HI/c1-4-13-11-19-15(23-13)8-9-18-16(17-2)20-10-12-6-5-7-14(21-12)22-3;/h5-7,11H,4,8-10H2,1-3H3,(H2,17,18,20);1H. The van der Waals surface area contributed by atoms with Gasteiger partial charge in [-0.1, -0.05) is 13.0 Å². The second kappa shape index (κ2) is 11.2. The third kappa shape index (κ3) is 6.60. The van der Waals surface area contributed by atoms with Crippen molar-refractivity contribution in [2.45, 2.75) is 26.3 Å². The third-order valence-electron chi connectivity index (χ3n) is 3.23. The molecule has 2 aromatic heterocycles. The Kier molecular flexibility index (Phi) is 9.62. The summed E-state index contributed by atoms with van der Waals surface area (Å²) in [5.74, 6) is 1.37. The number of nitrogens with zero attached hydrogens (tertiary/aromatic N) is 3. The highest BCUT2D eigenvalue weighted by Crippen LogP contribution is 2.13. The first kappa shape index (κ1) is 20.6. The third-order valence-corrected chi connectivity index (χ3v) is 4.43. The first-order valence-corrected chi connectivity index (χ1v) is 8.44. The number of ether oxygens (including phenoxy) is 1. The summed E-state index contributed by atoms with van der Waals surface area (Å²) in [6.07, 6.45) is 3.90. The highest BCUT2D eigenvalue weighted by atomic mass is 127. The lowest BCUT2D eigenvalue weighted by Crippen LogP contribution is -2.38. The van der Waals surface area contributed by atoms with E-state index in [4.69, 9.17) is 4.74 Å². The van der Waals surface area contributed by atoms with Crippen LogP contribution in [0.25, 0.3) is 0 Å². The summed E-state index contributed by atoms with van der Waals surface area (Å²) in [5.41, 5.74) is 0.903. The monoisotopic (exact) mass is 461 g/mol. The lowest BCUT2D eigenvalue weighted by molar-refractivity contribution is 0.396. The molecule has 0 unspecified atom stereocenters. The molecule has 2 rings (SSSR count). The van der Waals surface area contributed by atoms with Gasteiger partial charge in [-0.25, -0.2) is 9.97 Å². The van der Waals surface area contributed by atoms with E-state index in [2.05, 4.69) is 32.5 Å². The van der Waals surface area contributed by atoms with E-state index < -0.39 is 0 Å². The van der Waals surface area contributed by atoms with Crippen LogP contribution in [-0.2, 0) is 19.4 Å². The van der Waals surface area contributed by atoms with Crippen LogP contribution >= 0.6 is 35.3 Å². The van der Waals surface area contributed by atoms with Crippen molar-refractivity contribution in [2.24, 2.45) is 4.99 Å². The number of pyridine rings is 1. The molecule has 0 atom stereocenters. The highest BCUT2D eigenvalue weighted by Gasteiger charge is 2.03. The van der Waals surface area contributed by atoms with Crippen molar-refractivity contribution in [1.29, 1.82) is 0 Å². The van der Waals surface area contributed by atoms with Crippen LogP contribution in [0.3, 0.4) is 0 Å². The van der Waals surface area contributed by atoms with Crippen LogP contribution in [0.4, 0.5) is 0 Å². The van der Waals surface area contributed by atoms with Gasteiger partial charge >= 0.3 is 0 Å².